The van der Waals surface area contributed by atoms with Crippen LogP contribution in [0.15, 0.2) is 18.2 Å². The summed E-state index contributed by atoms with van der Waals surface area (Å²) in [7, 11) is 1.71. The summed E-state index contributed by atoms with van der Waals surface area (Å²) in [5.41, 5.74) is 0.625. The van der Waals surface area contributed by atoms with Gasteiger partial charge in [-0.05, 0) is 52.0 Å². The molecule has 1 atom stereocenters. The minimum atomic E-state index is -3.63. The zero-order valence-electron chi connectivity index (χ0n) is 25.0. The number of benzene rings is 1. The lowest BCUT2D eigenvalue weighted by Gasteiger charge is -2.41. The second kappa shape index (κ2) is 13.3. The molecule has 2 fully saturated rings. The predicted molar refractivity (Wildman–Crippen MR) is 157 cm³/mol. The van der Waals surface area contributed by atoms with Crippen molar-refractivity contribution in [2.75, 3.05) is 78.3 Å². The van der Waals surface area contributed by atoms with E-state index in [4.69, 9.17) is 19.4 Å². The Labute approximate surface area is 250 Å². The van der Waals surface area contributed by atoms with Crippen LogP contribution in [0.3, 0.4) is 0 Å². The van der Waals surface area contributed by atoms with Gasteiger partial charge in [-0.3, -0.25) is 4.57 Å². The van der Waals surface area contributed by atoms with Crippen LogP contribution < -0.4 is 9.64 Å². The van der Waals surface area contributed by atoms with E-state index in [2.05, 4.69) is 9.97 Å². The molecule has 5 rings (SSSR count). The van der Waals surface area contributed by atoms with Gasteiger partial charge in [0.05, 0.1) is 38.1 Å². The van der Waals surface area contributed by atoms with Crippen molar-refractivity contribution in [1.29, 1.82) is 0 Å². The molecule has 2 aliphatic rings. The number of ether oxygens (including phenoxy) is 2. The number of halogens is 2. The highest BCUT2D eigenvalue weighted by Crippen LogP contribution is 2.35. The number of aromatic nitrogens is 5. The second-order valence-electron chi connectivity index (χ2n) is 11.0. The van der Waals surface area contributed by atoms with Crippen molar-refractivity contribution in [2.45, 2.75) is 38.2 Å². The topological polar surface area (TPSA) is 122 Å². The molecule has 4 heterocycles. The molecule has 2 saturated heterocycles. The summed E-state index contributed by atoms with van der Waals surface area (Å²) in [5, 5.41) is 1.82. The van der Waals surface area contributed by atoms with Crippen LogP contribution in [0.2, 0.25) is 0 Å². The quantitative estimate of drug-likeness (QED) is 0.313. The Bertz CT molecular complexity index is 1520. The van der Waals surface area contributed by atoms with Gasteiger partial charge in [-0.2, -0.15) is 15.0 Å². The standard InChI is InChI=1S/C27H39F2N9O4S/c1-34(2)12-8-14-37(43(4,39)40)36-13-6-5-9-20(36)24-31-26(35-15-17-42-18-16-35)33-27(32-24)38-19-10-7-11-21(41-3)22(19)30-25(38)23(28)29/h7,10-11,20,23H,5-6,8-9,12-18H2,1-4H3/t20-/m0/s1. The Kier molecular flexibility index (Phi) is 9.70. The first kappa shape index (κ1) is 31.4. The largest absolute Gasteiger partial charge is 0.494 e. The zero-order chi connectivity index (χ0) is 30.7. The lowest BCUT2D eigenvalue weighted by atomic mass is 10.0. The van der Waals surface area contributed by atoms with Crippen LogP contribution in [0.25, 0.3) is 17.0 Å². The fraction of sp³-hybridized carbons (Fsp3) is 0.630. The Morgan fingerprint density at radius 1 is 1.05 bits per heavy atom. The van der Waals surface area contributed by atoms with Crippen LogP contribution in [0.5, 0.6) is 5.75 Å². The fourth-order valence-corrected chi connectivity index (χ4v) is 6.63. The Hall–Kier alpha value is -3.05. The van der Waals surface area contributed by atoms with Gasteiger partial charge in [0.2, 0.25) is 21.9 Å². The minimum Gasteiger partial charge on any atom is -0.494 e. The van der Waals surface area contributed by atoms with E-state index in [1.165, 1.54) is 22.3 Å². The average Bonchev–Trinajstić information content (AvgIpc) is 3.39. The van der Waals surface area contributed by atoms with E-state index >= 15 is 0 Å². The maximum absolute atomic E-state index is 14.5. The van der Waals surface area contributed by atoms with Gasteiger partial charge in [0.25, 0.3) is 6.43 Å². The smallest absolute Gasteiger partial charge is 0.296 e. The molecule has 13 nitrogen and oxygen atoms in total. The van der Waals surface area contributed by atoms with Crippen molar-refractivity contribution in [3.63, 3.8) is 0 Å². The maximum atomic E-state index is 14.5. The van der Waals surface area contributed by atoms with Crippen molar-refractivity contribution in [1.82, 2.24) is 38.8 Å². The summed E-state index contributed by atoms with van der Waals surface area (Å²) in [5.74, 6) is 0.448. The molecule has 236 valence electrons. The first-order valence-corrected chi connectivity index (χ1v) is 16.2. The summed E-state index contributed by atoms with van der Waals surface area (Å²) in [4.78, 5) is 22.4. The first-order valence-electron chi connectivity index (χ1n) is 14.4. The molecule has 43 heavy (non-hydrogen) atoms. The zero-order valence-corrected chi connectivity index (χ0v) is 25.8. The number of anilines is 1. The number of hydrogen-bond donors (Lipinski definition) is 0. The molecule has 0 amide bonds. The Balaban J connectivity index is 1.66. The van der Waals surface area contributed by atoms with Gasteiger partial charge in [0, 0.05) is 26.2 Å². The van der Waals surface area contributed by atoms with Gasteiger partial charge in [-0.1, -0.05) is 12.5 Å². The van der Waals surface area contributed by atoms with Gasteiger partial charge in [0.15, 0.2) is 11.6 Å². The molecular weight excluding hydrogens is 584 g/mol. The number of sulfonamides is 1. The lowest BCUT2D eigenvalue weighted by molar-refractivity contribution is -0.0170. The van der Waals surface area contributed by atoms with Gasteiger partial charge < -0.3 is 19.3 Å². The second-order valence-corrected chi connectivity index (χ2v) is 12.9. The van der Waals surface area contributed by atoms with Crippen LogP contribution >= 0.6 is 0 Å². The van der Waals surface area contributed by atoms with Crippen LogP contribution in [-0.2, 0) is 14.8 Å². The van der Waals surface area contributed by atoms with Gasteiger partial charge in [-0.15, -0.1) is 4.41 Å². The Morgan fingerprint density at radius 2 is 1.79 bits per heavy atom. The highest BCUT2D eigenvalue weighted by Gasteiger charge is 2.36. The summed E-state index contributed by atoms with van der Waals surface area (Å²) in [6, 6.07) is 4.50. The molecule has 0 bridgehead atoms. The fourth-order valence-electron chi connectivity index (χ4n) is 5.59. The van der Waals surface area contributed by atoms with E-state index in [9.17, 15) is 17.2 Å². The molecule has 16 heteroatoms. The third kappa shape index (κ3) is 6.87. The van der Waals surface area contributed by atoms with Crippen molar-refractivity contribution in [3.8, 4) is 11.7 Å². The SMILES string of the molecule is COc1cccc2c1nc(C(F)F)n2-c1nc([C@@H]2CCCCN2N(CCCN(C)C)S(C)(=O)=O)nc(N2CCOCC2)n1. The average molecular weight is 624 g/mol. The number of fused-ring (bicyclic) bond motifs is 1. The molecule has 0 aliphatic carbocycles. The summed E-state index contributed by atoms with van der Waals surface area (Å²) in [6.07, 6.45) is 1.13. The van der Waals surface area contributed by atoms with Crippen LogP contribution in [0.1, 0.15) is 49.8 Å². The molecule has 0 spiro atoms. The molecule has 0 N–H and O–H groups in total. The number of methoxy groups -OCH3 is 1. The van der Waals surface area contributed by atoms with Gasteiger partial charge >= 0.3 is 0 Å². The maximum Gasteiger partial charge on any atom is 0.296 e. The number of hydrazine groups is 1. The van der Waals surface area contributed by atoms with E-state index in [1.54, 1.807) is 18.2 Å². The first-order chi connectivity index (χ1) is 20.6. The van der Waals surface area contributed by atoms with Crippen molar-refractivity contribution < 1.29 is 26.7 Å². The molecular formula is C27H39F2N9O4S. The van der Waals surface area contributed by atoms with E-state index in [1.807, 2.05) is 28.9 Å². The third-order valence-electron chi connectivity index (χ3n) is 7.61. The number of para-hydroxylation sites is 1. The van der Waals surface area contributed by atoms with E-state index in [0.29, 0.717) is 75.3 Å². The van der Waals surface area contributed by atoms with Gasteiger partial charge in [0.1, 0.15) is 11.3 Å². The molecule has 1 aromatic carbocycles. The van der Waals surface area contributed by atoms with E-state index in [0.717, 1.165) is 19.4 Å². The minimum absolute atomic E-state index is 0.0124. The molecule has 0 radical (unpaired) electrons. The van der Waals surface area contributed by atoms with Crippen molar-refractivity contribution >= 4 is 27.0 Å². The summed E-state index contributed by atoms with van der Waals surface area (Å²) in [6.45, 7) is 3.45. The predicted octanol–water partition coefficient (Wildman–Crippen LogP) is 2.65. The molecule has 2 aromatic heterocycles. The monoisotopic (exact) mass is 623 g/mol. The lowest BCUT2D eigenvalue weighted by Crippen LogP contribution is -2.51. The number of imidazole rings is 1. The molecule has 3 aromatic rings. The highest BCUT2D eigenvalue weighted by atomic mass is 32.2. The number of hydrogen-bond acceptors (Lipinski definition) is 11. The Morgan fingerprint density at radius 3 is 2.47 bits per heavy atom. The van der Waals surface area contributed by atoms with Crippen LogP contribution in [-0.4, -0.2) is 121 Å². The van der Waals surface area contributed by atoms with Crippen LogP contribution in [0.4, 0.5) is 14.7 Å². The van der Waals surface area contributed by atoms with E-state index < -0.39 is 28.3 Å². The molecule has 0 saturated carbocycles. The normalized spacial score (nSPS) is 18.8. The number of piperidine rings is 1. The summed E-state index contributed by atoms with van der Waals surface area (Å²) >= 11 is 0. The third-order valence-corrected chi connectivity index (χ3v) is 8.77. The molecule has 2 aliphatic heterocycles. The molecule has 0 unspecified atom stereocenters. The van der Waals surface area contributed by atoms with Crippen molar-refractivity contribution in [3.05, 3.63) is 29.8 Å². The number of nitrogens with zero attached hydrogens (tertiary/aromatic N) is 9. The number of alkyl halides is 2. The van der Waals surface area contributed by atoms with E-state index in [-0.39, 0.29) is 11.5 Å². The number of rotatable bonds is 11. The van der Waals surface area contributed by atoms with Crippen molar-refractivity contribution in [2.24, 2.45) is 0 Å². The van der Waals surface area contributed by atoms with Gasteiger partial charge in [-0.25, -0.2) is 27.2 Å². The highest BCUT2D eigenvalue weighted by molar-refractivity contribution is 7.88. The van der Waals surface area contributed by atoms with Crippen LogP contribution in [0, 0.1) is 0 Å². The number of morpholine rings is 1. The summed E-state index contributed by atoms with van der Waals surface area (Å²) < 4.78 is 68.6.